The third kappa shape index (κ3) is 5.41. The summed E-state index contributed by atoms with van der Waals surface area (Å²) in [6.07, 6.45) is 20.2. The van der Waals surface area contributed by atoms with E-state index in [0.29, 0.717) is 5.92 Å². The number of benzene rings is 2. The lowest BCUT2D eigenvalue weighted by molar-refractivity contribution is 0.157. The number of hydrogen-bond donors (Lipinski definition) is 0. The summed E-state index contributed by atoms with van der Waals surface area (Å²) in [4.78, 5) is 0. The Bertz CT molecular complexity index is 863. The van der Waals surface area contributed by atoms with Crippen molar-refractivity contribution in [2.75, 3.05) is 0 Å². The van der Waals surface area contributed by atoms with Crippen molar-refractivity contribution in [3.8, 4) is 0 Å². The van der Waals surface area contributed by atoms with E-state index in [9.17, 15) is 4.39 Å². The molecule has 2 fully saturated rings. The van der Waals surface area contributed by atoms with Gasteiger partial charge in [-0.2, -0.15) is 0 Å². The van der Waals surface area contributed by atoms with E-state index in [4.69, 9.17) is 0 Å². The van der Waals surface area contributed by atoms with Crippen molar-refractivity contribution in [2.24, 2.45) is 17.8 Å². The Labute approximate surface area is 189 Å². The van der Waals surface area contributed by atoms with Crippen LogP contribution in [0.2, 0.25) is 0 Å². The van der Waals surface area contributed by atoms with Gasteiger partial charge in [0.15, 0.2) is 0 Å². The summed E-state index contributed by atoms with van der Waals surface area (Å²) in [6, 6.07) is 10.7. The minimum Gasteiger partial charge on any atom is -0.206 e. The summed E-state index contributed by atoms with van der Waals surface area (Å²) in [7, 11) is 0. The molecule has 0 bridgehead atoms. The van der Waals surface area contributed by atoms with Crippen molar-refractivity contribution < 1.29 is 4.39 Å². The fraction of sp³-hybridized carbons (Fsp3) is 0.600. The summed E-state index contributed by atoms with van der Waals surface area (Å²) >= 11 is 0. The molecule has 1 heteroatoms. The monoisotopic (exact) mass is 420 g/mol. The quantitative estimate of drug-likeness (QED) is 0.391. The van der Waals surface area contributed by atoms with Crippen molar-refractivity contribution >= 4 is 10.8 Å². The summed E-state index contributed by atoms with van der Waals surface area (Å²) in [5.74, 6) is 3.55. The standard InChI is InChI=1S/C30H41F/c1-3-5-6-8-22-9-11-23(12-10-22)24-13-15-25(16-14-24)27-19-20-29-28(21-27)18-17-26(7-4-2)30(29)31/h3,5,17-25H,4,6-16H2,1-2H3/b5-3+. The molecule has 4 rings (SSSR count). The van der Waals surface area contributed by atoms with Gasteiger partial charge in [0.2, 0.25) is 0 Å². The second-order valence-corrected chi connectivity index (χ2v) is 10.3. The third-order valence-electron chi connectivity index (χ3n) is 8.36. The molecule has 0 amide bonds. The zero-order valence-corrected chi connectivity index (χ0v) is 19.7. The zero-order valence-electron chi connectivity index (χ0n) is 19.7. The highest BCUT2D eigenvalue weighted by atomic mass is 19.1. The van der Waals surface area contributed by atoms with Crippen LogP contribution in [0.1, 0.15) is 102 Å². The predicted octanol–water partition coefficient (Wildman–Crippen LogP) is 9.37. The summed E-state index contributed by atoms with van der Waals surface area (Å²) < 4.78 is 14.8. The minimum atomic E-state index is -0.00377. The summed E-state index contributed by atoms with van der Waals surface area (Å²) in [5, 5.41) is 1.88. The van der Waals surface area contributed by atoms with E-state index in [1.165, 1.54) is 69.8 Å². The van der Waals surface area contributed by atoms with E-state index in [2.05, 4.69) is 44.2 Å². The maximum absolute atomic E-state index is 14.8. The molecule has 0 radical (unpaired) electrons. The molecule has 2 aliphatic carbocycles. The lowest BCUT2D eigenvalue weighted by Gasteiger charge is -2.38. The Balaban J connectivity index is 1.32. The van der Waals surface area contributed by atoms with Crippen LogP contribution in [0.25, 0.3) is 10.8 Å². The number of allylic oxidation sites excluding steroid dienone is 2. The maximum atomic E-state index is 14.8. The van der Waals surface area contributed by atoms with Gasteiger partial charge in [0, 0.05) is 5.39 Å². The Morgan fingerprint density at radius 1 is 0.903 bits per heavy atom. The molecule has 31 heavy (non-hydrogen) atoms. The van der Waals surface area contributed by atoms with Crippen LogP contribution in [-0.4, -0.2) is 0 Å². The molecular formula is C30H41F. The number of hydrogen-bond acceptors (Lipinski definition) is 0. The van der Waals surface area contributed by atoms with Gasteiger partial charge in [-0.1, -0.05) is 68.7 Å². The average Bonchev–Trinajstić information content (AvgIpc) is 2.82. The molecule has 2 aromatic carbocycles. The molecule has 0 atom stereocenters. The smallest absolute Gasteiger partial charge is 0.134 e. The van der Waals surface area contributed by atoms with E-state index in [-0.39, 0.29) is 5.82 Å². The molecule has 2 aliphatic rings. The molecule has 0 aliphatic heterocycles. The molecular weight excluding hydrogens is 379 g/mol. The highest BCUT2D eigenvalue weighted by molar-refractivity contribution is 5.84. The van der Waals surface area contributed by atoms with Crippen LogP contribution < -0.4 is 0 Å². The Hall–Kier alpha value is -1.63. The van der Waals surface area contributed by atoms with Crippen LogP contribution in [0.15, 0.2) is 42.5 Å². The zero-order chi connectivity index (χ0) is 21.6. The maximum Gasteiger partial charge on any atom is 0.134 e. The topological polar surface area (TPSA) is 0 Å². The van der Waals surface area contributed by atoms with E-state index in [1.54, 1.807) is 0 Å². The molecule has 0 heterocycles. The van der Waals surface area contributed by atoms with E-state index in [0.717, 1.165) is 46.9 Å². The third-order valence-corrected chi connectivity index (χ3v) is 8.36. The van der Waals surface area contributed by atoms with E-state index >= 15 is 0 Å². The first-order valence-corrected chi connectivity index (χ1v) is 13.0. The van der Waals surface area contributed by atoms with Crippen LogP contribution in [0.5, 0.6) is 0 Å². The van der Waals surface area contributed by atoms with Gasteiger partial charge in [-0.3, -0.25) is 0 Å². The van der Waals surface area contributed by atoms with E-state index < -0.39 is 0 Å². The fourth-order valence-electron chi connectivity index (χ4n) is 6.44. The Kier molecular flexibility index (Phi) is 7.86. The van der Waals surface area contributed by atoms with Crippen molar-refractivity contribution in [3.05, 3.63) is 59.4 Å². The van der Waals surface area contributed by atoms with Crippen molar-refractivity contribution in [1.82, 2.24) is 0 Å². The summed E-state index contributed by atoms with van der Waals surface area (Å²) in [5.41, 5.74) is 2.29. The van der Waals surface area contributed by atoms with Crippen molar-refractivity contribution in [2.45, 2.75) is 96.8 Å². The van der Waals surface area contributed by atoms with Crippen LogP contribution in [0.3, 0.4) is 0 Å². The highest BCUT2D eigenvalue weighted by Gasteiger charge is 2.31. The van der Waals surface area contributed by atoms with Gasteiger partial charge in [-0.15, -0.1) is 0 Å². The molecule has 2 aromatic rings. The van der Waals surface area contributed by atoms with Gasteiger partial charge in [-0.05, 0) is 105 Å². The first-order chi connectivity index (χ1) is 15.2. The van der Waals surface area contributed by atoms with Gasteiger partial charge in [0.1, 0.15) is 5.82 Å². The molecule has 168 valence electrons. The molecule has 0 spiro atoms. The molecule has 0 aromatic heterocycles. The van der Waals surface area contributed by atoms with Crippen LogP contribution in [0.4, 0.5) is 4.39 Å². The van der Waals surface area contributed by atoms with Gasteiger partial charge in [0.25, 0.3) is 0 Å². The molecule has 0 unspecified atom stereocenters. The van der Waals surface area contributed by atoms with Gasteiger partial charge in [0.05, 0.1) is 0 Å². The second kappa shape index (κ2) is 10.8. The average molecular weight is 421 g/mol. The lowest BCUT2D eigenvalue weighted by Crippen LogP contribution is -2.25. The van der Waals surface area contributed by atoms with Gasteiger partial charge in [-0.25, -0.2) is 4.39 Å². The highest BCUT2D eigenvalue weighted by Crippen LogP contribution is 2.44. The van der Waals surface area contributed by atoms with E-state index in [1.807, 2.05) is 12.1 Å². The van der Waals surface area contributed by atoms with Crippen molar-refractivity contribution in [3.63, 3.8) is 0 Å². The lowest BCUT2D eigenvalue weighted by atomic mass is 9.68. The number of halogens is 1. The minimum absolute atomic E-state index is 0.00377. The largest absolute Gasteiger partial charge is 0.206 e. The fourth-order valence-corrected chi connectivity index (χ4v) is 6.44. The van der Waals surface area contributed by atoms with Crippen LogP contribution in [-0.2, 0) is 6.42 Å². The SMILES string of the molecule is C/C=C/CCC1CCC(C2CCC(c3ccc4c(F)c(CCC)ccc4c3)CC2)CC1. The number of aryl methyl sites for hydroxylation is 1. The van der Waals surface area contributed by atoms with Crippen molar-refractivity contribution in [1.29, 1.82) is 0 Å². The molecule has 0 saturated heterocycles. The molecule has 0 nitrogen and oxygen atoms in total. The normalized spacial score (nSPS) is 27.2. The molecule has 2 saturated carbocycles. The Morgan fingerprint density at radius 3 is 2.29 bits per heavy atom. The first kappa shape index (κ1) is 22.6. The van der Waals surface area contributed by atoms with Gasteiger partial charge >= 0.3 is 0 Å². The Morgan fingerprint density at radius 2 is 1.61 bits per heavy atom. The van der Waals surface area contributed by atoms with Crippen LogP contribution >= 0.6 is 0 Å². The predicted molar refractivity (Wildman–Crippen MR) is 132 cm³/mol. The van der Waals surface area contributed by atoms with Crippen LogP contribution in [0, 0.1) is 23.6 Å². The molecule has 0 N–H and O–H groups in total. The van der Waals surface area contributed by atoms with Gasteiger partial charge < -0.3 is 0 Å². The summed E-state index contributed by atoms with van der Waals surface area (Å²) in [6.45, 7) is 4.24. The first-order valence-electron chi connectivity index (χ1n) is 13.0. The second-order valence-electron chi connectivity index (χ2n) is 10.3. The number of rotatable bonds is 7. The number of fused-ring (bicyclic) bond motifs is 1.